The minimum absolute atomic E-state index is 0.215. The molecule has 0 aromatic heterocycles. The molecule has 1 aliphatic heterocycles. The first-order chi connectivity index (χ1) is 10.3. The second kappa shape index (κ2) is 8.67. The molecular formula is C17H26N2O2. The Labute approximate surface area is 127 Å². The van der Waals surface area contributed by atoms with Crippen LogP contribution in [0, 0.1) is 6.92 Å². The van der Waals surface area contributed by atoms with Gasteiger partial charge in [0.05, 0.1) is 6.54 Å². The zero-order chi connectivity index (χ0) is 14.9. The summed E-state index contributed by atoms with van der Waals surface area (Å²) in [6.07, 6.45) is 4.79. The lowest BCUT2D eigenvalue weighted by Crippen LogP contribution is -2.39. The number of likely N-dealkylation sites (tertiary alicyclic amines) is 1. The molecular weight excluding hydrogens is 264 g/mol. The zero-order valence-corrected chi connectivity index (χ0v) is 12.9. The van der Waals surface area contributed by atoms with Gasteiger partial charge < -0.3 is 15.0 Å². The molecule has 1 amide bonds. The summed E-state index contributed by atoms with van der Waals surface area (Å²) in [5.41, 5.74) is 1.19. The highest BCUT2D eigenvalue weighted by atomic mass is 16.5. The molecule has 0 unspecified atom stereocenters. The molecule has 4 heteroatoms. The SMILES string of the molecule is Cc1cccc(OCCNCC(=O)N2CCCCCC2)c1. The number of nitrogens with one attached hydrogen (secondary N) is 1. The number of carbonyl (C=O) groups excluding carboxylic acids is 1. The zero-order valence-electron chi connectivity index (χ0n) is 12.9. The summed E-state index contributed by atoms with van der Waals surface area (Å²) in [6, 6.07) is 8.00. The fourth-order valence-corrected chi connectivity index (χ4v) is 2.57. The van der Waals surface area contributed by atoms with E-state index in [1.54, 1.807) is 0 Å². The summed E-state index contributed by atoms with van der Waals surface area (Å²) in [5.74, 6) is 1.10. The molecule has 116 valence electrons. The van der Waals surface area contributed by atoms with Gasteiger partial charge in [0.25, 0.3) is 0 Å². The third-order valence-corrected chi connectivity index (χ3v) is 3.77. The monoisotopic (exact) mass is 290 g/mol. The Bertz CT molecular complexity index is 440. The van der Waals surface area contributed by atoms with Crippen LogP contribution in [0.2, 0.25) is 0 Å². The van der Waals surface area contributed by atoms with Gasteiger partial charge in [-0.2, -0.15) is 0 Å². The lowest BCUT2D eigenvalue weighted by Gasteiger charge is -2.20. The average molecular weight is 290 g/mol. The molecule has 2 rings (SSSR count). The number of amides is 1. The van der Waals surface area contributed by atoms with Gasteiger partial charge in [-0.1, -0.05) is 25.0 Å². The van der Waals surface area contributed by atoms with E-state index in [2.05, 4.69) is 5.32 Å². The van der Waals surface area contributed by atoms with E-state index in [9.17, 15) is 4.79 Å². The predicted octanol–water partition coefficient (Wildman–Crippen LogP) is 2.37. The van der Waals surface area contributed by atoms with E-state index in [-0.39, 0.29) is 5.91 Å². The number of aryl methyl sites for hydroxylation is 1. The van der Waals surface area contributed by atoms with Crippen molar-refractivity contribution in [2.75, 3.05) is 32.8 Å². The summed E-state index contributed by atoms with van der Waals surface area (Å²) in [7, 11) is 0. The van der Waals surface area contributed by atoms with Crippen molar-refractivity contribution in [1.29, 1.82) is 0 Å². The molecule has 1 N–H and O–H groups in total. The minimum Gasteiger partial charge on any atom is -0.492 e. The molecule has 0 bridgehead atoms. The van der Waals surface area contributed by atoms with Gasteiger partial charge in [-0.05, 0) is 37.5 Å². The summed E-state index contributed by atoms with van der Waals surface area (Å²) in [5, 5.41) is 3.17. The Morgan fingerprint density at radius 1 is 1.24 bits per heavy atom. The first-order valence-corrected chi connectivity index (χ1v) is 7.94. The summed E-state index contributed by atoms with van der Waals surface area (Å²) >= 11 is 0. The lowest BCUT2D eigenvalue weighted by atomic mass is 10.2. The number of ether oxygens (including phenoxy) is 1. The number of benzene rings is 1. The number of rotatable bonds is 6. The normalized spacial score (nSPS) is 15.6. The smallest absolute Gasteiger partial charge is 0.236 e. The molecule has 0 aliphatic carbocycles. The van der Waals surface area contributed by atoms with E-state index < -0.39 is 0 Å². The average Bonchev–Trinajstić information content (AvgIpc) is 2.76. The van der Waals surface area contributed by atoms with Crippen LogP contribution >= 0.6 is 0 Å². The second-order valence-electron chi connectivity index (χ2n) is 5.64. The molecule has 1 aliphatic rings. The molecule has 1 aromatic carbocycles. The highest BCUT2D eigenvalue weighted by molar-refractivity contribution is 5.78. The highest BCUT2D eigenvalue weighted by Crippen LogP contribution is 2.12. The van der Waals surface area contributed by atoms with Crippen molar-refractivity contribution in [3.05, 3.63) is 29.8 Å². The molecule has 1 aromatic rings. The predicted molar refractivity (Wildman–Crippen MR) is 84.6 cm³/mol. The first kappa shape index (κ1) is 15.8. The Morgan fingerprint density at radius 3 is 2.71 bits per heavy atom. The minimum atomic E-state index is 0.215. The van der Waals surface area contributed by atoms with Crippen molar-refractivity contribution in [2.24, 2.45) is 0 Å². The van der Waals surface area contributed by atoms with Gasteiger partial charge in [0.1, 0.15) is 12.4 Å². The van der Waals surface area contributed by atoms with Gasteiger partial charge in [0.15, 0.2) is 0 Å². The molecule has 0 atom stereocenters. The number of hydrogen-bond donors (Lipinski definition) is 1. The van der Waals surface area contributed by atoms with Crippen LogP contribution < -0.4 is 10.1 Å². The number of hydrogen-bond acceptors (Lipinski definition) is 3. The van der Waals surface area contributed by atoms with Crippen LogP contribution in [-0.2, 0) is 4.79 Å². The van der Waals surface area contributed by atoms with Crippen LogP contribution in [0.1, 0.15) is 31.2 Å². The van der Waals surface area contributed by atoms with E-state index in [0.717, 1.165) is 31.7 Å². The van der Waals surface area contributed by atoms with Gasteiger partial charge in [-0.25, -0.2) is 0 Å². The van der Waals surface area contributed by atoms with Crippen LogP contribution in [0.25, 0.3) is 0 Å². The lowest BCUT2D eigenvalue weighted by molar-refractivity contribution is -0.130. The topological polar surface area (TPSA) is 41.6 Å². The van der Waals surface area contributed by atoms with E-state index in [0.29, 0.717) is 19.7 Å². The van der Waals surface area contributed by atoms with E-state index in [1.165, 1.54) is 18.4 Å². The van der Waals surface area contributed by atoms with Crippen molar-refractivity contribution in [3.8, 4) is 5.75 Å². The standard InChI is InChI=1S/C17H26N2O2/c1-15-7-6-8-16(13-15)21-12-9-18-14-17(20)19-10-4-2-3-5-11-19/h6-8,13,18H,2-5,9-12,14H2,1H3. The number of carbonyl (C=O) groups is 1. The van der Waals surface area contributed by atoms with Crippen LogP contribution in [0.5, 0.6) is 5.75 Å². The molecule has 1 heterocycles. The van der Waals surface area contributed by atoms with Gasteiger partial charge in [0.2, 0.25) is 5.91 Å². The summed E-state index contributed by atoms with van der Waals surface area (Å²) in [6.45, 7) is 5.56. The largest absolute Gasteiger partial charge is 0.492 e. The number of nitrogens with zero attached hydrogens (tertiary/aromatic N) is 1. The van der Waals surface area contributed by atoms with Crippen molar-refractivity contribution in [2.45, 2.75) is 32.6 Å². The van der Waals surface area contributed by atoms with Crippen molar-refractivity contribution in [3.63, 3.8) is 0 Å². The third-order valence-electron chi connectivity index (χ3n) is 3.77. The molecule has 0 radical (unpaired) electrons. The quantitative estimate of drug-likeness (QED) is 0.818. The van der Waals surface area contributed by atoms with Gasteiger partial charge in [0, 0.05) is 19.6 Å². The summed E-state index contributed by atoms with van der Waals surface area (Å²) in [4.78, 5) is 14.0. The van der Waals surface area contributed by atoms with Crippen molar-refractivity contribution >= 4 is 5.91 Å². The first-order valence-electron chi connectivity index (χ1n) is 7.94. The third kappa shape index (κ3) is 5.76. The Balaban J connectivity index is 1.59. The summed E-state index contributed by atoms with van der Waals surface area (Å²) < 4.78 is 5.65. The van der Waals surface area contributed by atoms with Crippen molar-refractivity contribution < 1.29 is 9.53 Å². The Hall–Kier alpha value is -1.55. The van der Waals surface area contributed by atoms with E-state index >= 15 is 0 Å². The van der Waals surface area contributed by atoms with Gasteiger partial charge >= 0.3 is 0 Å². The van der Waals surface area contributed by atoms with Crippen LogP contribution in [0.3, 0.4) is 0 Å². The highest BCUT2D eigenvalue weighted by Gasteiger charge is 2.14. The van der Waals surface area contributed by atoms with Crippen molar-refractivity contribution in [1.82, 2.24) is 10.2 Å². The maximum absolute atomic E-state index is 12.1. The Kier molecular flexibility index (Phi) is 6.54. The maximum atomic E-state index is 12.1. The molecule has 1 fully saturated rings. The maximum Gasteiger partial charge on any atom is 0.236 e. The second-order valence-corrected chi connectivity index (χ2v) is 5.64. The molecule has 21 heavy (non-hydrogen) atoms. The van der Waals surface area contributed by atoms with Crippen LogP contribution in [0.15, 0.2) is 24.3 Å². The van der Waals surface area contributed by atoms with Gasteiger partial charge in [-0.3, -0.25) is 4.79 Å². The molecule has 0 saturated carbocycles. The fraction of sp³-hybridized carbons (Fsp3) is 0.588. The van der Waals surface area contributed by atoms with Crippen LogP contribution in [-0.4, -0.2) is 43.6 Å². The fourth-order valence-electron chi connectivity index (χ4n) is 2.57. The van der Waals surface area contributed by atoms with Gasteiger partial charge in [-0.15, -0.1) is 0 Å². The molecule has 1 saturated heterocycles. The molecule has 4 nitrogen and oxygen atoms in total. The molecule has 0 spiro atoms. The Morgan fingerprint density at radius 2 is 2.00 bits per heavy atom. The van der Waals surface area contributed by atoms with E-state index in [4.69, 9.17) is 4.74 Å². The van der Waals surface area contributed by atoms with E-state index in [1.807, 2.05) is 36.1 Å². The van der Waals surface area contributed by atoms with Crippen LogP contribution in [0.4, 0.5) is 0 Å².